The lowest BCUT2D eigenvalue weighted by Gasteiger charge is -2.19. The fourth-order valence-electron chi connectivity index (χ4n) is 0.639. The molecular formula is C7H14BrNO2. The monoisotopic (exact) mass is 223 g/mol. The molecule has 0 aliphatic carbocycles. The van der Waals surface area contributed by atoms with Crippen LogP contribution in [0.1, 0.15) is 20.8 Å². The predicted molar refractivity (Wildman–Crippen MR) is 49.4 cm³/mol. The molecule has 1 aliphatic heterocycles. The van der Waals surface area contributed by atoms with Crippen LogP contribution >= 0.6 is 17.0 Å². The molecule has 3 nitrogen and oxygen atoms in total. The summed E-state index contributed by atoms with van der Waals surface area (Å²) in [6.45, 7) is 7.29. The average molecular weight is 224 g/mol. The van der Waals surface area contributed by atoms with Gasteiger partial charge in [-0.3, -0.25) is 0 Å². The molecule has 0 radical (unpaired) electrons. The third-order valence-corrected chi connectivity index (χ3v) is 0.951. The zero-order chi connectivity index (χ0) is 7.61. The normalized spacial score (nSPS) is 16.5. The smallest absolute Gasteiger partial charge is 0.384 e. The minimum atomic E-state index is -0.191. The highest BCUT2D eigenvalue weighted by atomic mass is 79.9. The summed E-state index contributed by atoms with van der Waals surface area (Å²) in [6.07, 6.45) is 0.438. The summed E-state index contributed by atoms with van der Waals surface area (Å²) in [4.78, 5) is 3.99. The van der Waals surface area contributed by atoms with Crippen molar-refractivity contribution in [3.63, 3.8) is 0 Å². The highest BCUT2D eigenvalue weighted by molar-refractivity contribution is 8.93. The molecule has 0 saturated carbocycles. The van der Waals surface area contributed by atoms with Gasteiger partial charge in [0.25, 0.3) is 0 Å². The molecule has 0 aromatic carbocycles. The Labute approximate surface area is 77.6 Å². The van der Waals surface area contributed by atoms with E-state index in [1.807, 2.05) is 20.8 Å². The van der Waals surface area contributed by atoms with Crippen LogP contribution in [0.2, 0.25) is 0 Å². The van der Waals surface area contributed by atoms with E-state index in [1.54, 1.807) is 0 Å². The van der Waals surface area contributed by atoms with E-state index >= 15 is 0 Å². The second-order valence-corrected chi connectivity index (χ2v) is 3.21. The number of aliphatic imine (C=N–C) groups is 1. The largest absolute Gasteiger partial charge is 0.449 e. The van der Waals surface area contributed by atoms with Crippen LogP contribution in [0.15, 0.2) is 4.99 Å². The molecule has 0 aromatic heterocycles. The number of ether oxygens (including phenoxy) is 2. The lowest BCUT2D eigenvalue weighted by Crippen LogP contribution is -2.23. The molecule has 1 heterocycles. The third kappa shape index (κ3) is 4.24. The molecule has 66 valence electrons. The lowest BCUT2D eigenvalue weighted by molar-refractivity contribution is 0.0689. The maximum absolute atomic E-state index is 5.33. The molecule has 0 atom stereocenters. The van der Waals surface area contributed by atoms with Crippen LogP contribution in [0.4, 0.5) is 0 Å². The Morgan fingerprint density at radius 1 is 1.45 bits per heavy atom. The van der Waals surface area contributed by atoms with Gasteiger partial charge in [0, 0.05) is 0 Å². The van der Waals surface area contributed by atoms with Crippen molar-refractivity contribution in [1.29, 1.82) is 0 Å². The number of nitrogens with zero attached hydrogens (tertiary/aromatic N) is 1. The Kier molecular flexibility index (Phi) is 3.86. The molecule has 0 unspecified atom stereocenters. The zero-order valence-corrected chi connectivity index (χ0v) is 8.80. The summed E-state index contributed by atoms with van der Waals surface area (Å²) in [5, 5.41) is 0. The van der Waals surface area contributed by atoms with Gasteiger partial charge < -0.3 is 9.47 Å². The van der Waals surface area contributed by atoms with Crippen molar-refractivity contribution < 1.29 is 9.47 Å². The van der Waals surface area contributed by atoms with Crippen LogP contribution in [-0.4, -0.2) is 24.8 Å². The predicted octanol–water partition coefficient (Wildman–Crippen LogP) is 1.77. The van der Waals surface area contributed by atoms with Crippen LogP contribution in [0.25, 0.3) is 0 Å². The maximum atomic E-state index is 5.33. The fraction of sp³-hybridized carbons (Fsp3) is 0.857. The van der Waals surface area contributed by atoms with E-state index in [-0.39, 0.29) is 22.6 Å². The molecule has 0 spiro atoms. The Hall–Kier alpha value is -0.250. The van der Waals surface area contributed by atoms with Gasteiger partial charge in [0.15, 0.2) is 0 Å². The van der Waals surface area contributed by atoms with E-state index in [4.69, 9.17) is 9.47 Å². The number of halogens is 1. The molecule has 1 rings (SSSR count). The minimum Gasteiger partial charge on any atom is -0.449 e. The van der Waals surface area contributed by atoms with E-state index in [2.05, 4.69) is 4.99 Å². The minimum absolute atomic E-state index is 0. The fourth-order valence-corrected chi connectivity index (χ4v) is 0.639. The van der Waals surface area contributed by atoms with Gasteiger partial charge in [-0.05, 0) is 20.8 Å². The van der Waals surface area contributed by atoms with Crippen molar-refractivity contribution in [3.8, 4) is 0 Å². The Balaban J connectivity index is 0.000001000. The summed E-state index contributed by atoms with van der Waals surface area (Å²) in [5.41, 5.74) is -0.191. The first-order valence-electron chi connectivity index (χ1n) is 3.44. The molecule has 0 bridgehead atoms. The van der Waals surface area contributed by atoms with Crippen LogP contribution in [-0.2, 0) is 9.47 Å². The van der Waals surface area contributed by atoms with E-state index in [0.717, 1.165) is 6.54 Å². The number of rotatable bonds is 0. The van der Waals surface area contributed by atoms with Crippen molar-refractivity contribution in [2.45, 2.75) is 26.4 Å². The van der Waals surface area contributed by atoms with Crippen LogP contribution in [0, 0.1) is 0 Å². The first kappa shape index (κ1) is 10.8. The van der Waals surface area contributed by atoms with Crippen molar-refractivity contribution in [2.24, 2.45) is 4.99 Å². The Morgan fingerprint density at radius 3 is 2.45 bits per heavy atom. The molecule has 0 N–H and O–H groups in total. The van der Waals surface area contributed by atoms with Crippen molar-refractivity contribution in [3.05, 3.63) is 0 Å². The van der Waals surface area contributed by atoms with Gasteiger partial charge in [0.05, 0.1) is 6.54 Å². The molecular weight excluding hydrogens is 210 g/mol. The van der Waals surface area contributed by atoms with Gasteiger partial charge in [-0.2, -0.15) is 0 Å². The Bertz CT molecular complexity index is 151. The van der Waals surface area contributed by atoms with Gasteiger partial charge in [0.1, 0.15) is 12.2 Å². The van der Waals surface area contributed by atoms with E-state index < -0.39 is 0 Å². The lowest BCUT2D eigenvalue weighted by atomic mass is 10.2. The quantitative estimate of drug-likeness (QED) is 0.627. The summed E-state index contributed by atoms with van der Waals surface area (Å²) in [7, 11) is 0. The molecule has 0 aromatic rings. The number of hydrogen-bond acceptors (Lipinski definition) is 3. The van der Waals surface area contributed by atoms with E-state index in [0.29, 0.717) is 12.7 Å². The van der Waals surface area contributed by atoms with E-state index in [1.165, 1.54) is 0 Å². The van der Waals surface area contributed by atoms with Crippen LogP contribution < -0.4 is 0 Å². The SMILES string of the molecule is Br.CC(C)(C)OC1=NCCO1. The molecule has 4 heteroatoms. The molecule has 0 amide bonds. The van der Waals surface area contributed by atoms with Gasteiger partial charge in [-0.1, -0.05) is 0 Å². The second kappa shape index (κ2) is 3.95. The van der Waals surface area contributed by atoms with Crippen LogP contribution in [0.3, 0.4) is 0 Å². The zero-order valence-electron chi connectivity index (χ0n) is 7.09. The van der Waals surface area contributed by atoms with Crippen LogP contribution in [0.5, 0.6) is 0 Å². The topological polar surface area (TPSA) is 30.8 Å². The molecule has 1 aliphatic rings. The third-order valence-electron chi connectivity index (χ3n) is 0.951. The first-order valence-corrected chi connectivity index (χ1v) is 3.44. The molecule has 11 heavy (non-hydrogen) atoms. The van der Waals surface area contributed by atoms with Gasteiger partial charge in [-0.15, -0.1) is 17.0 Å². The summed E-state index contributed by atoms with van der Waals surface area (Å²) in [6, 6.07) is 0. The summed E-state index contributed by atoms with van der Waals surface area (Å²) >= 11 is 0. The van der Waals surface area contributed by atoms with Gasteiger partial charge in [-0.25, -0.2) is 4.99 Å². The number of hydrogen-bond donors (Lipinski definition) is 0. The summed E-state index contributed by atoms with van der Waals surface area (Å²) in [5.74, 6) is 0. The van der Waals surface area contributed by atoms with Gasteiger partial charge >= 0.3 is 6.08 Å². The summed E-state index contributed by atoms with van der Waals surface area (Å²) < 4.78 is 10.4. The Morgan fingerprint density at radius 2 is 2.09 bits per heavy atom. The van der Waals surface area contributed by atoms with Crippen molar-refractivity contribution >= 4 is 23.1 Å². The van der Waals surface area contributed by atoms with Crippen molar-refractivity contribution in [2.75, 3.05) is 13.2 Å². The molecule has 0 fully saturated rings. The van der Waals surface area contributed by atoms with E-state index in [9.17, 15) is 0 Å². The first-order chi connectivity index (χ1) is 4.58. The van der Waals surface area contributed by atoms with Gasteiger partial charge in [0.2, 0.25) is 0 Å². The molecule has 0 saturated heterocycles. The average Bonchev–Trinajstić information content (AvgIpc) is 2.12. The second-order valence-electron chi connectivity index (χ2n) is 3.21. The standard InChI is InChI=1S/C7H13NO2.BrH/c1-7(2,3)10-6-8-4-5-9-6;/h4-5H2,1-3H3;1H. The highest BCUT2D eigenvalue weighted by Crippen LogP contribution is 2.10. The maximum Gasteiger partial charge on any atom is 0.384 e. The highest BCUT2D eigenvalue weighted by Gasteiger charge is 2.17. The van der Waals surface area contributed by atoms with Crippen molar-refractivity contribution in [1.82, 2.24) is 0 Å².